The molecule has 3 N–H and O–H groups in total. The number of nitrogen functional groups attached to an aromatic ring is 1. The Kier molecular flexibility index (Phi) is 3.00. The molecule has 5 heteroatoms. The lowest BCUT2D eigenvalue weighted by Crippen LogP contribution is -2.23. The van der Waals surface area contributed by atoms with Crippen LogP contribution < -0.4 is 11.1 Å². The number of halogens is 2. The average Bonchev–Trinajstić information content (AvgIpc) is 3.05. The zero-order valence-corrected chi connectivity index (χ0v) is 9.47. The van der Waals surface area contributed by atoms with Crippen LogP contribution >= 0.6 is 0 Å². The molecule has 0 radical (unpaired) electrons. The molecule has 0 aromatic heterocycles. The lowest BCUT2D eigenvalue weighted by Gasteiger charge is -2.13. The number of carbonyl (C=O) groups excluding carboxylic acids is 1. The van der Waals surface area contributed by atoms with E-state index >= 15 is 0 Å². The van der Waals surface area contributed by atoms with Crippen LogP contribution in [0.2, 0.25) is 0 Å². The average molecular weight is 240 g/mol. The Labute approximate surface area is 98.0 Å². The predicted molar refractivity (Wildman–Crippen MR) is 61.3 cm³/mol. The lowest BCUT2D eigenvalue weighted by molar-refractivity contribution is -0.119. The summed E-state index contributed by atoms with van der Waals surface area (Å²) in [4.78, 5) is 11.8. The van der Waals surface area contributed by atoms with Gasteiger partial charge in [-0.15, -0.1) is 0 Å². The summed E-state index contributed by atoms with van der Waals surface area (Å²) in [7, 11) is 0. The van der Waals surface area contributed by atoms with Crippen LogP contribution in [0, 0.1) is 23.5 Å². The molecular weight excluding hydrogens is 226 g/mol. The van der Waals surface area contributed by atoms with Crippen molar-refractivity contribution in [2.24, 2.45) is 11.8 Å². The maximum absolute atomic E-state index is 13.4. The number of benzene rings is 1. The molecule has 3 nitrogen and oxygen atoms in total. The molecule has 0 aliphatic heterocycles. The quantitative estimate of drug-likeness (QED) is 0.798. The molecule has 0 bridgehead atoms. The fourth-order valence-corrected chi connectivity index (χ4v) is 1.77. The van der Waals surface area contributed by atoms with Crippen LogP contribution in [0.15, 0.2) is 12.1 Å². The SMILES string of the molecule is CC(C(=O)Nc1c(N)cc(F)cc1F)C1CC1. The second-order valence-electron chi connectivity index (χ2n) is 4.47. The number of nitrogens with two attached hydrogens (primary N) is 1. The Morgan fingerprint density at radius 3 is 2.65 bits per heavy atom. The maximum atomic E-state index is 13.4. The molecule has 1 aliphatic rings. The number of amides is 1. The number of hydrogen-bond acceptors (Lipinski definition) is 2. The third-order valence-electron chi connectivity index (χ3n) is 3.08. The van der Waals surface area contributed by atoms with E-state index in [1.165, 1.54) is 0 Å². The van der Waals surface area contributed by atoms with E-state index < -0.39 is 11.6 Å². The van der Waals surface area contributed by atoms with Gasteiger partial charge in [0.1, 0.15) is 11.5 Å². The van der Waals surface area contributed by atoms with Crippen molar-refractivity contribution < 1.29 is 13.6 Å². The van der Waals surface area contributed by atoms with Crippen LogP contribution in [-0.2, 0) is 4.79 Å². The van der Waals surface area contributed by atoms with E-state index in [-0.39, 0.29) is 23.2 Å². The third-order valence-corrected chi connectivity index (χ3v) is 3.08. The summed E-state index contributed by atoms with van der Waals surface area (Å²) in [5.74, 6) is -1.67. The molecular formula is C12H14F2N2O. The van der Waals surface area contributed by atoms with Gasteiger partial charge in [0.2, 0.25) is 5.91 Å². The van der Waals surface area contributed by atoms with Gasteiger partial charge in [-0.2, -0.15) is 0 Å². The van der Waals surface area contributed by atoms with Crippen LogP contribution in [-0.4, -0.2) is 5.91 Å². The molecule has 0 saturated heterocycles. The Hall–Kier alpha value is -1.65. The maximum Gasteiger partial charge on any atom is 0.227 e. The molecule has 1 atom stereocenters. The Morgan fingerprint density at radius 1 is 1.47 bits per heavy atom. The molecule has 2 rings (SSSR count). The Morgan fingerprint density at radius 2 is 2.12 bits per heavy atom. The van der Waals surface area contributed by atoms with Gasteiger partial charge in [-0.25, -0.2) is 8.78 Å². The first kappa shape index (κ1) is 11.8. The first-order valence-corrected chi connectivity index (χ1v) is 5.54. The van der Waals surface area contributed by atoms with Crippen molar-refractivity contribution in [3.8, 4) is 0 Å². The van der Waals surface area contributed by atoms with Crippen LogP contribution in [0.4, 0.5) is 20.2 Å². The van der Waals surface area contributed by atoms with Crippen molar-refractivity contribution in [1.29, 1.82) is 0 Å². The zero-order valence-electron chi connectivity index (χ0n) is 9.47. The first-order chi connectivity index (χ1) is 7.99. The molecule has 1 aromatic rings. The molecule has 0 spiro atoms. The molecule has 1 fully saturated rings. The van der Waals surface area contributed by atoms with Crippen molar-refractivity contribution in [2.45, 2.75) is 19.8 Å². The predicted octanol–water partition coefficient (Wildman–Crippen LogP) is 2.53. The highest BCUT2D eigenvalue weighted by Crippen LogP contribution is 2.37. The van der Waals surface area contributed by atoms with E-state index in [9.17, 15) is 13.6 Å². The van der Waals surface area contributed by atoms with Gasteiger partial charge in [0.05, 0.1) is 5.69 Å². The van der Waals surface area contributed by atoms with Crippen LogP contribution in [0.3, 0.4) is 0 Å². The first-order valence-electron chi connectivity index (χ1n) is 5.54. The third kappa shape index (κ3) is 2.54. The van der Waals surface area contributed by atoms with E-state index in [0.717, 1.165) is 18.9 Å². The molecule has 0 heterocycles. The van der Waals surface area contributed by atoms with Gasteiger partial charge in [0.15, 0.2) is 5.82 Å². The summed E-state index contributed by atoms with van der Waals surface area (Å²) < 4.78 is 26.2. The van der Waals surface area contributed by atoms with Gasteiger partial charge in [-0.3, -0.25) is 4.79 Å². The van der Waals surface area contributed by atoms with Crippen LogP contribution in [0.1, 0.15) is 19.8 Å². The standard InChI is InChI=1S/C12H14F2N2O/c1-6(7-2-3-7)12(17)16-11-9(14)4-8(13)5-10(11)15/h4-7H,2-3,15H2,1H3,(H,16,17). The van der Waals surface area contributed by atoms with Crippen LogP contribution in [0.5, 0.6) is 0 Å². The van der Waals surface area contributed by atoms with E-state index in [1.54, 1.807) is 6.92 Å². The number of carbonyl (C=O) groups is 1. The second-order valence-corrected chi connectivity index (χ2v) is 4.47. The molecule has 1 saturated carbocycles. The van der Waals surface area contributed by atoms with Crippen molar-refractivity contribution in [3.05, 3.63) is 23.8 Å². The summed E-state index contributed by atoms with van der Waals surface area (Å²) in [6.07, 6.45) is 2.05. The molecule has 1 unspecified atom stereocenters. The topological polar surface area (TPSA) is 55.1 Å². The summed E-state index contributed by atoms with van der Waals surface area (Å²) >= 11 is 0. The molecule has 17 heavy (non-hydrogen) atoms. The van der Waals surface area contributed by atoms with Crippen LogP contribution in [0.25, 0.3) is 0 Å². The van der Waals surface area contributed by atoms with Crippen molar-refractivity contribution in [1.82, 2.24) is 0 Å². The largest absolute Gasteiger partial charge is 0.397 e. The summed E-state index contributed by atoms with van der Waals surface area (Å²) in [6.45, 7) is 1.80. The van der Waals surface area contributed by atoms with Gasteiger partial charge in [0.25, 0.3) is 0 Å². The number of nitrogens with one attached hydrogen (secondary N) is 1. The minimum Gasteiger partial charge on any atom is -0.397 e. The fourth-order valence-electron chi connectivity index (χ4n) is 1.77. The Bertz CT molecular complexity index is 435. The van der Waals surface area contributed by atoms with E-state index in [0.29, 0.717) is 12.0 Å². The zero-order chi connectivity index (χ0) is 12.6. The smallest absolute Gasteiger partial charge is 0.227 e. The molecule has 92 valence electrons. The summed E-state index contributed by atoms with van der Waals surface area (Å²) in [5, 5.41) is 2.42. The highest BCUT2D eigenvalue weighted by atomic mass is 19.1. The van der Waals surface area contributed by atoms with Gasteiger partial charge >= 0.3 is 0 Å². The fraction of sp³-hybridized carbons (Fsp3) is 0.417. The van der Waals surface area contributed by atoms with E-state index in [2.05, 4.69) is 5.32 Å². The highest BCUT2D eigenvalue weighted by molar-refractivity contribution is 5.95. The number of anilines is 2. The van der Waals surface area contributed by atoms with Gasteiger partial charge < -0.3 is 11.1 Å². The van der Waals surface area contributed by atoms with E-state index in [1.807, 2.05) is 0 Å². The summed E-state index contributed by atoms with van der Waals surface area (Å²) in [6, 6.07) is 1.69. The number of hydrogen-bond donors (Lipinski definition) is 2. The lowest BCUT2D eigenvalue weighted by atomic mass is 10.1. The monoisotopic (exact) mass is 240 g/mol. The van der Waals surface area contributed by atoms with Crippen molar-refractivity contribution in [3.63, 3.8) is 0 Å². The summed E-state index contributed by atoms with van der Waals surface area (Å²) in [5.41, 5.74) is 5.23. The molecule has 1 amide bonds. The number of rotatable bonds is 3. The molecule has 1 aliphatic carbocycles. The minimum atomic E-state index is -0.848. The van der Waals surface area contributed by atoms with Crippen molar-refractivity contribution >= 4 is 17.3 Å². The Balaban J connectivity index is 2.15. The van der Waals surface area contributed by atoms with Gasteiger partial charge in [-0.05, 0) is 24.8 Å². The normalized spacial score (nSPS) is 16.6. The minimum absolute atomic E-state index is 0.0983. The second kappa shape index (κ2) is 4.31. The highest BCUT2D eigenvalue weighted by Gasteiger charge is 2.33. The van der Waals surface area contributed by atoms with E-state index in [4.69, 9.17) is 5.73 Å². The van der Waals surface area contributed by atoms with Crippen molar-refractivity contribution in [2.75, 3.05) is 11.1 Å². The molecule has 1 aromatic carbocycles. The van der Waals surface area contributed by atoms with Gasteiger partial charge in [0, 0.05) is 12.0 Å². The van der Waals surface area contributed by atoms with Gasteiger partial charge in [-0.1, -0.05) is 6.92 Å².